The first-order valence-corrected chi connectivity index (χ1v) is 11.4. The number of thiophene rings is 1. The van der Waals surface area contributed by atoms with Crippen LogP contribution in [0.2, 0.25) is 0 Å². The minimum Gasteiger partial charge on any atom is -0.497 e. The molecule has 0 saturated heterocycles. The van der Waals surface area contributed by atoms with Gasteiger partial charge in [0.2, 0.25) is 0 Å². The fourth-order valence-corrected chi connectivity index (χ4v) is 4.20. The zero-order chi connectivity index (χ0) is 23.2. The van der Waals surface area contributed by atoms with Crippen LogP contribution in [0.1, 0.15) is 17.4 Å². The van der Waals surface area contributed by atoms with Crippen LogP contribution in [0.3, 0.4) is 0 Å². The molecule has 33 heavy (non-hydrogen) atoms. The summed E-state index contributed by atoms with van der Waals surface area (Å²) in [5.74, 6) is 1.44. The molecule has 2 amide bonds. The molecule has 7 nitrogen and oxygen atoms in total. The Morgan fingerprint density at radius 1 is 1.06 bits per heavy atom. The molecule has 2 aromatic carbocycles. The highest BCUT2D eigenvalue weighted by Crippen LogP contribution is 2.21. The van der Waals surface area contributed by atoms with Crippen LogP contribution in [0.25, 0.3) is 10.9 Å². The largest absolute Gasteiger partial charge is 0.497 e. The van der Waals surface area contributed by atoms with Crippen LogP contribution >= 0.6 is 11.3 Å². The van der Waals surface area contributed by atoms with E-state index < -0.39 is 0 Å². The Morgan fingerprint density at radius 3 is 2.55 bits per heavy atom. The predicted molar refractivity (Wildman–Crippen MR) is 131 cm³/mol. The zero-order valence-corrected chi connectivity index (χ0v) is 19.3. The lowest BCUT2D eigenvalue weighted by Gasteiger charge is -2.23. The van der Waals surface area contributed by atoms with Crippen molar-refractivity contribution in [3.8, 4) is 11.5 Å². The number of methoxy groups -OCH3 is 1. The number of ether oxygens (including phenoxy) is 2. The van der Waals surface area contributed by atoms with Gasteiger partial charge >= 0.3 is 6.03 Å². The number of carbonyl (C=O) groups excluding carboxylic acids is 1. The first-order chi connectivity index (χ1) is 16.1. The maximum Gasteiger partial charge on any atom is 0.322 e. The monoisotopic (exact) mass is 463 g/mol. The number of benzene rings is 2. The summed E-state index contributed by atoms with van der Waals surface area (Å²) in [5, 5.41) is 5.73. The van der Waals surface area contributed by atoms with Crippen LogP contribution < -0.4 is 20.3 Å². The van der Waals surface area contributed by atoms with E-state index in [1.165, 1.54) is 0 Å². The Bertz CT molecular complexity index is 1280. The predicted octanol–water partition coefficient (Wildman–Crippen LogP) is 5.23. The molecule has 0 aliphatic heterocycles. The molecule has 170 valence electrons. The number of H-pyrrole nitrogens is 1. The Morgan fingerprint density at radius 2 is 1.85 bits per heavy atom. The lowest BCUT2D eigenvalue weighted by molar-refractivity contribution is 0.207. The Kier molecular flexibility index (Phi) is 6.95. The molecule has 0 fully saturated rings. The molecule has 0 atom stereocenters. The number of anilines is 1. The fourth-order valence-electron chi connectivity index (χ4n) is 3.48. The van der Waals surface area contributed by atoms with E-state index in [1.807, 2.05) is 48.7 Å². The lowest BCUT2D eigenvalue weighted by atomic mass is 10.1. The van der Waals surface area contributed by atoms with Crippen LogP contribution in [-0.2, 0) is 13.1 Å². The van der Waals surface area contributed by atoms with Gasteiger partial charge in [-0.3, -0.25) is 4.79 Å². The quantitative estimate of drug-likeness (QED) is 0.375. The van der Waals surface area contributed by atoms with E-state index in [4.69, 9.17) is 9.47 Å². The van der Waals surface area contributed by atoms with Gasteiger partial charge in [0.1, 0.15) is 11.5 Å². The van der Waals surface area contributed by atoms with Crippen molar-refractivity contribution in [2.75, 3.05) is 19.0 Å². The highest BCUT2D eigenvalue weighted by atomic mass is 32.1. The van der Waals surface area contributed by atoms with Gasteiger partial charge in [-0.05, 0) is 66.9 Å². The van der Waals surface area contributed by atoms with E-state index in [0.717, 1.165) is 21.5 Å². The number of nitrogens with zero attached hydrogens (tertiary/aromatic N) is 1. The summed E-state index contributed by atoms with van der Waals surface area (Å²) in [5.41, 5.74) is 1.64. The van der Waals surface area contributed by atoms with Crippen LogP contribution in [-0.4, -0.2) is 29.6 Å². The summed E-state index contributed by atoms with van der Waals surface area (Å²) >= 11 is 1.56. The minimum atomic E-state index is -0.295. The molecule has 0 aliphatic rings. The van der Waals surface area contributed by atoms with E-state index in [1.54, 1.807) is 47.6 Å². The number of pyridine rings is 1. The molecule has 2 aromatic heterocycles. The standard InChI is InChI=1S/C25H25N3O4S/c1-3-32-21-10-11-23-17(14-21)13-18(24(29)27-23)15-28(16-22-5-4-12-33-22)25(30)26-19-6-8-20(31-2)9-7-19/h4-14H,3,15-16H2,1-2H3,(H,26,30)(H,27,29). The summed E-state index contributed by atoms with van der Waals surface area (Å²) in [6, 6.07) is 18.1. The number of rotatable bonds is 8. The molecule has 0 saturated carbocycles. The van der Waals surface area contributed by atoms with E-state index in [-0.39, 0.29) is 18.1 Å². The van der Waals surface area contributed by atoms with Gasteiger partial charge < -0.3 is 24.7 Å². The number of aromatic amines is 1. The van der Waals surface area contributed by atoms with E-state index in [9.17, 15) is 9.59 Å². The van der Waals surface area contributed by atoms with Gasteiger partial charge in [-0.15, -0.1) is 11.3 Å². The Labute approximate surface area is 195 Å². The second kappa shape index (κ2) is 10.2. The molecule has 4 rings (SSSR count). The molecule has 0 bridgehead atoms. The fraction of sp³-hybridized carbons (Fsp3) is 0.200. The number of urea groups is 1. The number of fused-ring (bicyclic) bond motifs is 1. The van der Waals surface area contributed by atoms with Crippen LogP contribution in [0.5, 0.6) is 11.5 Å². The first kappa shape index (κ1) is 22.4. The minimum absolute atomic E-state index is 0.157. The first-order valence-electron chi connectivity index (χ1n) is 10.6. The normalized spacial score (nSPS) is 10.7. The van der Waals surface area contributed by atoms with Crippen molar-refractivity contribution in [1.82, 2.24) is 9.88 Å². The molecule has 8 heteroatoms. The van der Waals surface area contributed by atoms with Gasteiger partial charge in [0.15, 0.2) is 0 Å². The van der Waals surface area contributed by atoms with Crippen molar-refractivity contribution in [1.29, 1.82) is 0 Å². The summed E-state index contributed by atoms with van der Waals surface area (Å²) < 4.78 is 10.8. The topological polar surface area (TPSA) is 83.7 Å². The van der Waals surface area contributed by atoms with Crippen molar-refractivity contribution in [3.05, 3.63) is 86.8 Å². The van der Waals surface area contributed by atoms with Crippen molar-refractivity contribution in [2.24, 2.45) is 0 Å². The molecule has 2 heterocycles. The highest BCUT2D eigenvalue weighted by Gasteiger charge is 2.18. The Hall–Kier alpha value is -3.78. The van der Waals surface area contributed by atoms with Gasteiger partial charge in [0.25, 0.3) is 5.56 Å². The molecule has 0 aliphatic carbocycles. The number of hydrogen-bond donors (Lipinski definition) is 2. The summed E-state index contributed by atoms with van der Waals surface area (Å²) in [6.45, 7) is 3.02. The molecule has 4 aromatic rings. The molecule has 0 radical (unpaired) electrons. The van der Waals surface area contributed by atoms with Crippen LogP contribution in [0.4, 0.5) is 10.5 Å². The van der Waals surface area contributed by atoms with Crippen molar-refractivity contribution < 1.29 is 14.3 Å². The van der Waals surface area contributed by atoms with E-state index in [0.29, 0.717) is 30.2 Å². The number of carbonyl (C=O) groups is 1. The van der Waals surface area contributed by atoms with Gasteiger partial charge in [-0.1, -0.05) is 6.07 Å². The van der Waals surface area contributed by atoms with Gasteiger partial charge in [-0.2, -0.15) is 0 Å². The lowest BCUT2D eigenvalue weighted by Crippen LogP contribution is -2.35. The summed E-state index contributed by atoms with van der Waals surface area (Å²) in [7, 11) is 1.59. The molecular weight excluding hydrogens is 438 g/mol. The third-order valence-electron chi connectivity index (χ3n) is 5.12. The SMILES string of the molecule is CCOc1ccc2[nH]c(=O)c(CN(Cc3cccs3)C(=O)Nc3ccc(OC)cc3)cc2c1. The smallest absolute Gasteiger partial charge is 0.322 e. The number of hydrogen-bond acceptors (Lipinski definition) is 5. The second-order valence-corrected chi connectivity index (χ2v) is 8.43. The summed E-state index contributed by atoms with van der Waals surface area (Å²) in [6.07, 6.45) is 0. The maximum absolute atomic E-state index is 13.2. The average Bonchev–Trinajstić information content (AvgIpc) is 3.33. The van der Waals surface area contributed by atoms with Gasteiger partial charge in [0.05, 0.1) is 26.8 Å². The molecule has 0 spiro atoms. The third kappa shape index (κ3) is 5.53. The number of aromatic nitrogens is 1. The van der Waals surface area contributed by atoms with Crippen molar-refractivity contribution in [3.63, 3.8) is 0 Å². The Balaban J connectivity index is 1.61. The van der Waals surface area contributed by atoms with Gasteiger partial charge in [-0.25, -0.2) is 4.79 Å². The maximum atomic E-state index is 13.2. The third-order valence-corrected chi connectivity index (χ3v) is 5.98. The second-order valence-electron chi connectivity index (χ2n) is 7.40. The molecule has 0 unspecified atom stereocenters. The zero-order valence-electron chi connectivity index (χ0n) is 18.5. The molecule has 2 N–H and O–H groups in total. The highest BCUT2D eigenvalue weighted by molar-refractivity contribution is 7.09. The molecular formula is C25H25N3O4S. The van der Waals surface area contributed by atoms with Crippen LogP contribution in [0, 0.1) is 0 Å². The average molecular weight is 464 g/mol. The van der Waals surface area contributed by atoms with E-state index in [2.05, 4.69) is 10.3 Å². The summed E-state index contributed by atoms with van der Waals surface area (Å²) in [4.78, 5) is 31.5. The van der Waals surface area contributed by atoms with Crippen molar-refractivity contribution >= 4 is 34.0 Å². The van der Waals surface area contributed by atoms with Crippen LogP contribution in [0.15, 0.2) is 70.8 Å². The van der Waals surface area contributed by atoms with Gasteiger partial charge in [0, 0.05) is 27.0 Å². The van der Waals surface area contributed by atoms with E-state index >= 15 is 0 Å². The number of amides is 2. The van der Waals surface area contributed by atoms with Crippen molar-refractivity contribution in [2.45, 2.75) is 20.0 Å². The number of nitrogens with one attached hydrogen (secondary N) is 2.